The van der Waals surface area contributed by atoms with Crippen molar-refractivity contribution in [2.24, 2.45) is 7.05 Å². The van der Waals surface area contributed by atoms with Gasteiger partial charge in [-0.3, -0.25) is 4.68 Å². The van der Waals surface area contributed by atoms with E-state index in [2.05, 4.69) is 42.3 Å². The van der Waals surface area contributed by atoms with Crippen LogP contribution < -0.4 is 10.2 Å². The van der Waals surface area contributed by atoms with Crippen LogP contribution in [0.3, 0.4) is 0 Å². The predicted molar refractivity (Wildman–Crippen MR) is 106 cm³/mol. The van der Waals surface area contributed by atoms with Crippen LogP contribution in [0.1, 0.15) is 5.56 Å². The van der Waals surface area contributed by atoms with Gasteiger partial charge in [-0.25, -0.2) is 9.97 Å². The number of aromatic nitrogens is 4. The Bertz CT molecular complexity index is 900. The van der Waals surface area contributed by atoms with E-state index in [0.717, 1.165) is 54.7 Å². The fourth-order valence-electron chi connectivity index (χ4n) is 3.21. The number of nitrogens with zero attached hydrogens (tertiary/aromatic N) is 6. The lowest BCUT2D eigenvalue weighted by Gasteiger charge is -2.36. The quantitative estimate of drug-likeness (QED) is 0.705. The van der Waals surface area contributed by atoms with Crippen molar-refractivity contribution in [2.75, 3.05) is 31.1 Å². The number of thiocarbonyl (C=S) groups is 1. The van der Waals surface area contributed by atoms with Gasteiger partial charge in [0, 0.05) is 39.8 Å². The number of benzene rings is 1. The smallest absolute Gasteiger partial charge is 0.169 e. The zero-order chi connectivity index (χ0) is 17.9. The summed E-state index contributed by atoms with van der Waals surface area (Å²) in [6, 6.07) is 10.3. The minimum atomic E-state index is 0.752. The van der Waals surface area contributed by atoms with E-state index in [1.54, 1.807) is 11.0 Å². The van der Waals surface area contributed by atoms with Crippen molar-refractivity contribution in [3.63, 3.8) is 0 Å². The Hall–Kier alpha value is -2.74. The second-order valence-electron chi connectivity index (χ2n) is 6.32. The topological polar surface area (TPSA) is 62.1 Å². The van der Waals surface area contributed by atoms with Crippen molar-refractivity contribution < 1.29 is 0 Å². The first-order chi connectivity index (χ1) is 12.7. The van der Waals surface area contributed by atoms with Gasteiger partial charge >= 0.3 is 0 Å². The molecule has 0 unspecified atom stereocenters. The molecule has 134 valence electrons. The van der Waals surface area contributed by atoms with Gasteiger partial charge in [-0.05, 0) is 17.8 Å². The Morgan fingerprint density at radius 3 is 2.65 bits per heavy atom. The molecule has 2 aromatic heterocycles. The van der Waals surface area contributed by atoms with E-state index < -0.39 is 0 Å². The van der Waals surface area contributed by atoms with Crippen LogP contribution in [0.5, 0.6) is 0 Å². The summed E-state index contributed by atoms with van der Waals surface area (Å²) in [6.45, 7) is 4.23. The number of nitrogens with one attached hydrogen (secondary N) is 1. The van der Waals surface area contributed by atoms with E-state index in [4.69, 9.17) is 12.2 Å². The van der Waals surface area contributed by atoms with Crippen molar-refractivity contribution in [3.8, 4) is 0 Å². The first-order valence-electron chi connectivity index (χ1n) is 8.67. The van der Waals surface area contributed by atoms with Crippen molar-refractivity contribution >= 4 is 34.2 Å². The zero-order valence-corrected chi connectivity index (χ0v) is 15.5. The first kappa shape index (κ1) is 16.7. The molecule has 1 saturated heterocycles. The lowest BCUT2D eigenvalue weighted by Crippen LogP contribution is -2.51. The highest BCUT2D eigenvalue weighted by molar-refractivity contribution is 7.80. The fourth-order valence-corrected chi connectivity index (χ4v) is 3.46. The highest BCUT2D eigenvalue weighted by atomic mass is 32.1. The van der Waals surface area contributed by atoms with Gasteiger partial charge in [-0.15, -0.1) is 0 Å². The van der Waals surface area contributed by atoms with E-state index in [-0.39, 0.29) is 0 Å². The van der Waals surface area contributed by atoms with E-state index in [1.807, 2.05) is 31.4 Å². The predicted octanol–water partition coefficient (Wildman–Crippen LogP) is 1.56. The second kappa shape index (κ2) is 7.25. The van der Waals surface area contributed by atoms with E-state index in [0.29, 0.717) is 0 Å². The normalized spacial score (nSPS) is 14.7. The van der Waals surface area contributed by atoms with E-state index in [9.17, 15) is 0 Å². The molecule has 0 bridgehead atoms. The maximum absolute atomic E-state index is 5.57. The number of anilines is 1. The Morgan fingerprint density at radius 1 is 1.12 bits per heavy atom. The van der Waals surface area contributed by atoms with Crippen LogP contribution in [0.2, 0.25) is 0 Å². The van der Waals surface area contributed by atoms with E-state index in [1.165, 1.54) is 5.56 Å². The summed E-state index contributed by atoms with van der Waals surface area (Å²) >= 11 is 5.57. The standard InChI is InChI=1S/C18H21N7S/c1-23-16-15(12-22-23)17(21-13-20-16)24-7-9-25(10-8-24)18(26)19-11-14-5-3-2-4-6-14/h2-6,12-13H,7-11H2,1H3,(H,19,26). The van der Waals surface area contributed by atoms with Crippen molar-refractivity contribution in [1.82, 2.24) is 30.0 Å². The molecule has 26 heavy (non-hydrogen) atoms. The molecule has 3 heterocycles. The molecule has 4 rings (SSSR count). The number of hydrogen-bond donors (Lipinski definition) is 1. The number of aryl methyl sites for hydroxylation is 1. The largest absolute Gasteiger partial charge is 0.358 e. The number of piperazine rings is 1. The van der Waals surface area contributed by atoms with Gasteiger partial charge in [0.25, 0.3) is 0 Å². The van der Waals surface area contributed by atoms with Crippen molar-refractivity contribution in [2.45, 2.75) is 6.54 Å². The summed E-state index contributed by atoms with van der Waals surface area (Å²) < 4.78 is 1.78. The first-order valence-corrected chi connectivity index (χ1v) is 9.07. The summed E-state index contributed by atoms with van der Waals surface area (Å²) in [7, 11) is 1.90. The Balaban J connectivity index is 1.37. The van der Waals surface area contributed by atoms with Crippen LogP contribution in [0.15, 0.2) is 42.9 Å². The zero-order valence-electron chi connectivity index (χ0n) is 14.7. The second-order valence-corrected chi connectivity index (χ2v) is 6.71. The average Bonchev–Trinajstić information content (AvgIpc) is 3.08. The van der Waals surface area contributed by atoms with Crippen LogP contribution >= 0.6 is 12.2 Å². The van der Waals surface area contributed by atoms with Gasteiger partial charge in [0.15, 0.2) is 10.8 Å². The summed E-state index contributed by atoms with van der Waals surface area (Å²) in [6.07, 6.45) is 3.45. The molecule has 0 saturated carbocycles. The lowest BCUT2D eigenvalue weighted by molar-refractivity contribution is 0.379. The maximum atomic E-state index is 5.57. The molecule has 1 N–H and O–H groups in total. The van der Waals surface area contributed by atoms with Crippen LogP contribution in [0, 0.1) is 0 Å². The SMILES string of the molecule is Cn1ncc2c(N3CCN(C(=S)NCc4ccccc4)CC3)ncnc21. The van der Waals surface area contributed by atoms with Crippen LogP contribution in [0.25, 0.3) is 11.0 Å². The highest BCUT2D eigenvalue weighted by Crippen LogP contribution is 2.23. The molecule has 0 radical (unpaired) electrons. The summed E-state index contributed by atoms with van der Waals surface area (Å²) in [5.74, 6) is 0.950. The molecule has 0 amide bonds. The van der Waals surface area contributed by atoms with Crippen LogP contribution in [0.4, 0.5) is 5.82 Å². The molecule has 7 nitrogen and oxygen atoms in total. The van der Waals surface area contributed by atoms with E-state index >= 15 is 0 Å². The molecule has 1 aromatic carbocycles. The molecule has 0 aliphatic carbocycles. The van der Waals surface area contributed by atoms with Gasteiger partial charge in [-0.2, -0.15) is 5.10 Å². The third-order valence-corrected chi connectivity index (χ3v) is 5.06. The monoisotopic (exact) mass is 367 g/mol. The lowest BCUT2D eigenvalue weighted by atomic mass is 10.2. The molecule has 0 atom stereocenters. The molecule has 8 heteroatoms. The molecule has 1 aliphatic rings. The molecule has 1 aliphatic heterocycles. The van der Waals surface area contributed by atoms with Crippen molar-refractivity contribution in [1.29, 1.82) is 0 Å². The minimum absolute atomic E-state index is 0.752. The van der Waals surface area contributed by atoms with Gasteiger partial charge in [-0.1, -0.05) is 30.3 Å². The fraction of sp³-hybridized carbons (Fsp3) is 0.333. The minimum Gasteiger partial charge on any atom is -0.358 e. The number of hydrogen-bond acceptors (Lipinski definition) is 5. The molecule has 1 fully saturated rings. The average molecular weight is 367 g/mol. The van der Waals surface area contributed by atoms with Gasteiger partial charge in [0.1, 0.15) is 12.1 Å². The Morgan fingerprint density at radius 2 is 1.88 bits per heavy atom. The van der Waals surface area contributed by atoms with Crippen LogP contribution in [-0.2, 0) is 13.6 Å². The summed E-state index contributed by atoms with van der Waals surface area (Å²) in [5, 5.41) is 9.45. The third-order valence-electron chi connectivity index (χ3n) is 4.66. The molecule has 3 aromatic rings. The third kappa shape index (κ3) is 3.32. The van der Waals surface area contributed by atoms with Crippen molar-refractivity contribution in [3.05, 3.63) is 48.4 Å². The maximum Gasteiger partial charge on any atom is 0.169 e. The van der Waals surface area contributed by atoms with Gasteiger partial charge in [0.2, 0.25) is 0 Å². The van der Waals surface area contributed by atoms with Crippen LogP contribution in [-0.4, -0.2) is 55.9 Å². The van der Waals surface area contributed by atoms with Gasteiger partial charge in [0.05, 0.1) is 11.6 Å². The molecular weight excluding hydrogens is 346 g/mol. The Kier molecular flexibility index (Phi) is 4.66. The summed E-state index contributed by atoms with van der Waals surface area (Å²) in [5.41, 5.74) is 2.09. The Labute approximate surface area is 157 Å². The van der Waals surface area contributed by atoms with Gasteiger partial charge < -0.3 is 15.1 Å². The summed E-state index contributed by atoms with van der Waals surface area (Å²) in [4.78, 5) is 13.3. The number of rotatable bonds is 3. The molecular formula is C18H21N7S. The highest BCUT2D eigenvalue weighted by Gasteiger charge is 2.22. The molecule has 0 spiro atoms. The number of fused-ring (bicyclic) bond motifs is 1.